The number of benzene rings is 1. The topological polar surface area (TPSA) is 61.2 Å². The second-order valence-corrected chi connectivity index (χ2v) is 6.25. The lowest BCUT2D eigenvalue weighted by Crippen LogP contribution is -2.41. The fraction of sp³-hybridized carbons (Fsp3) is 0.438. The third-order valence-corrected chi connectivity index (χ3v) is 4.93. The molecule has 4 nitrogen and oxygen atoms in total. The van der Waals surface area contributed by atoms with Gasteiger partial charge in [0.25, 0.3) is 0 Å². The molecule has 1 aromatic rings. The quantitative estimate of drug-likeness (QED) is 0.617. The minimum Gasteiger partial charge on any atom is -0.310 e. The van der Waals surface area contributed by atoms with Gasteiger partial charge in [0.2, 0.25) is 5.91 Å². The van der Waals surface area contributed by atoms with E-state index < -0.39 is 0 Å². The van der Waals surface area contributed by atoms with Crippen LogP contribution in [0.1, 0.15) is 43.5 Å². The van der Waals surface area contributed by atoms with Crippen molar-refractivity contribution >= 4 is 29.1 Å². The number of carbonyl (C=O) groups excluding carboxylic acids is 2. The Morgan fingerprint density at radius 2 is 2.24 bits per heavy atom. The van der Waals surface area contributed by atoms with E-state index in [0.29, 0.717) is 24.9 Å². The van der Waals surface area contributed by atoms with Gasteiger partial charge in [-0.3, -0.25) is 9.59 Å². The molecule has 1 aromatic carbocycles. The lowest BCUT2D eigenvalue weighted by atomic mass is 10.1. The Balaban J connectivity index is 2.37. The monoisotopic (exact) mass is 302 g/mol. The van der Waals surface area contributed by atoms with Crippen molar-refractivity contribution in [1.82, 2.24) is 0 Å². The van der Waals surface area contributed by atoms with E-state index in [1.807, 2.05) is 19.1 Å². The maximum absolute atomic E-state index is 12.5. The maximum atomic E-state index is 12.5. The number of nitrogens with zero attached hydrogens (tertiary/aromatic N) is 2. The van der Waals surface area contributed by atoms with E-state index in [1.165, 1.54) is 6.92 Å². The van der Waals surface area contributed by atoms with Crippen LogP contribution in [0.3, 0.4) is 0 Å². The average Bonchev–Trinajstić information content (AvgIpc) is 2.48. The molecule has 0 aromatic heterocycles. The number of hydrogen-bond acceptors (Lipinski definition) is 4. The van der Waals surface area contributed by atoms with E-state index in [0.717, 1.165) is 17.0 Å². The predicted octanol–water partition coefficient (Wildman–Crippen LogP) is 3.41. The molecule has 0 N–H and O–H groups in total. The molecule has 1 amide bonds. The molecule has 0 bridgehead atoms. The molecule has 1 aliphatic heterocycles. The van der Waals surface area contributed by atoms with Gasteiger partial charge >= 0.3 is 0 Å². The highest BCUT2D eigenvalue weighted by atomic mass is 32.2. The first kappa shape index (κ1) is 15.6. The first-order chi connectivity index (χ1) is 10.1. The Morgan fingerprint density at radius 3 is 2.86 bits per heavy atom. The molecule has 110 valence electrons. The molecule has 1 aliphatic rings. The largest absolute Gasteiger partial charge is 0.310 e. The van der Waals surface area contributed by atoms with Crippen LogP contribution in [0.2, 0.25) is 0 Å². The summed E-state index contributed by atoms with van der Waals surface area (Å²) < 4.78 is 0. The Bertz CT molecular complexity index is 607. The molecule has 0 saturated heterocycles. The fourth-order valence-corrected chi connectivity index (χ4v) is 3.49. The van der Waals surface area contributed by atoms with E-state index in [1.54, 1.807) is 22.7 Å². The zero-order valence-electron chi connectivity index (χ0n) is 12.3. The summed E-state index contributed by atoms with van der Waals surface area (Å²) in [6.07, 6.45) is 1.84. The molecule has 0 spiro atoms. The number of fused-ring (bicyclic) bond motifs is 1. The van der Waals surface area contributed by atoms with Gasteiger partial charge in [-0.15, -0.1) is 11.8 Å². The van der Waals surface area contributed by atoms with Gasteiger partial charge in [0.1, 0.15) is 0 Å². The van der Waals surface area contributed by atoms with Gasteiger partial charge in [-0.05, 0) is 31.9 Å². The number of amides is 1. The summed E-state index contributed by atoms with van der Waals surface area (Å²) in [6, 6.07) is 7.63. The van der Waals surface area contributed by atoms with Gasteiger partial charge in [0.05, 0.1) is 17.0 Å². The standard InChI is InChI=1S/C16H18N2O2S/c1-3-14-16(20)18(9-5-4-8-17)13-10-12(11(2)19)6-7-15(13)21-14/h6-7,10,14H,3-5,9H2,1-2H3. The van der Waals surface area contributed by atoms with Gasteiger partial charge in [-0.2, -0.15) is 5.26 Å². The molecule has 1 heterocycles. The lowest BCUT2D eigenvalue weighted by molar-refractivity contribution is -0.118. The van der Waals surface area contributed by atoms with Crippen molar-refractivity contribution in [2.75, 3.05) is 11.4 Å². The SMILES string of the molecule is CCC1Sc2ccc(C(C)=O)cc2N(CCCC#N)C1=O. The number of hydrogen-bond donors (Lipinski definition) is 0. The third-order valence-electron chi connectivity index (χ3n) is 3.51. The van der Waals surface area contributed by atoms with E-state index >= 15 is 0 Å². The van der Waals surface area contributed by atoms with E-state index in [-0.39, 0.29) is 16.9 Å². The Hall–Kier alpha value is -1.80. The second kappa shape index (κ2) is 6.77. The van der Waals surface area contributed by atoms with E-state index in [4.69, 9.17) is 5.26 Å². The number of rotatable bonds is 5. The molecule has 0 aliphatic carbocycles. The summed E-state index contributed by atoms with van der Waals surface area (Å²) in [5.74, 6) is 0.0680. The van der Waals surface area contributed by atoms with Crippen LogP contribution in [0.4, 0.5) is 5.69 Å². The molecule has 0 saturated carbocycles. The third kappa shape index (κ3) is 3.27. The second-order valence-electron chi connectivity index (χ2n) is 5.00. The fourth-order valence-electron chi connectivity index (χ4n) is 2.35. The molecular weight excluding hydrogens is 284 g/mol. The van der Waals surface area contributed by atoms with Crippen LogP contribution in [0.15, 0.2) is 23.1 Å². The minimum absolute atomic E-state index is 0.00941. The molecule has 0 radical (unpaired) electrons. The Kier molecular flexibility index (Phi) is 5.03. The highest BCUT2D eigenvalue weighted by Gasteiger charge is 2.32. The molecule has 5 heteroatoms. The van der Waals surface area contributed by atoms with Crippen LogP contribution >= 0.6 is 11.8 Å². The van der Waals surface area contributed by atoms with Crippen molar-refractivity contribution < 1.29 is 9.59 Å². The summed E-state index contributed by atoms with van der Waals surface area (Å²) in [5, 5.41) is 8.59. The van der Waals surface area contributed by atoms with Gasteiger partial charge < -0.3 is 4.90 Å². The molecule has 1 atom stereocenters. The van der Waals surface area contributed by atoms with Crippen LogP contribution in [0, 0.1) is 11.3 Å². The summed E-state index contributed by atoms with van der Waals surface area (Å²) in [7, 11) is 0. The van der Waals surface area contributed by atoms with Crippen LogP contribution in [-0.4, -0.2) is 23.5 Å². The number of anilines is 1. The highest BCUT2D eigenvalue weighted by molar-refractivity contribution is 8.01. The first-order valence-corrected chi connectivity index (χ1v) is 7.96. The van der Waals surface area contributed by atoms with Crippen molar-refractivity contribution in [1.29, 1.82) is 5.26 Å². The smallest absolute Gasteiger partial charge is 0.240 e. The molecular formula is C16H18N2O2S. The summed E-state index contributed by atoms with van der Waals surface area (Å²) in [4.78, 5) is 26.8. The number of ketones is 1. The van der Waals surface area contributed by atoms with Gasteiger partial charge in [-0.25, -0.2) is 0 Å². The summed E-state index contributed by atoms with van der Waals surface area (Å²) in [6.45, 7) is 4.05. The number of carbonyl (C=O) groups is 2. The van der Waals surface area contributed by atoms with Gasteiger partial charge in [0.15, 0.2) is 5.78 Å². The van der Waals surface area contributed by atoms with Gasteiger partial charge in [0, 0.05) is 23.4 Å². The van der Waals surface area contributed by atoms with E-state index in [9.17, 15) is 9.59 Å². The van der Waals surface area contributed by atoms with Crippen molar-refractivity contribution in [3.63, 3.8) is 0 Å². The molecule has 2 rings (SSSR count). The Labute approximate surface area is 129 Å². The summed E-state index contributed by atoms with van der Waals surface area (Å²) in [5.41, 5.74) is 1.42. The van der Waals surface area contributed by atoms with Crippen LogP contribution in [0.5, 0.6) is 0 Å². The van der Waals surface area contributed by atoms with Crippen LogP contribution in [-0.2, 0) is 4.79 Å². The number of nitriles is 1. The average molecular weight is 302 g/mol. The number of Topliss-reactive ketones (excluding diaryl/α,β-unsaturated/α-hetero) is 1. The molecule has 21 heavy (non-hydrogen) atoms. The first-order valence-electron chi connectivity index (χ1n) is 7.08. The molecule has 1 unspecified atom stereocenters. The molecule has 0 fully saturated rings. The van der Waals surface area contributed by atoms with Crippen molar-refractivity contribution in [2.45, 2.75) is 43.3 Å². The van der Waals surface area contributed by atoms with Crippen molar-refractivity contribution in [2.24, 2.45) is 0 Å². The number of unbranched alkanes of at least 4 members (excludes halogenated alkanes) is 1. The summed E-state index contributed by atoms with van der Waals surface area (Å²) >= 11 is 1.56. The lowest BCUT2D eigenvalue weighted by Gasteiger charge is -2.33. The maximum Gasteiger partial charge on any atom is 0.240 e. The normalized spacial score (nSPS) is 17.3. The Morgan fingerprint density at radius 1 is 1.48 bits per heavy atom. The van der Waals surface area contributed by atoms with Gasteiger partial charge in [-0.1, -0.05) is 13.0 Å². The number of thioether (sulfide) groups is 1. The van der Waals surface area contributed by atoms with E-state index in [2.05, 4.69) is 6.07 Å². The van der Waals surface area contributed by atoms with Crippen molar-refractivity contribution in [3.8, 4) is 6.07 Å². The predicted molar refractivity (Wildman–Crippen MR) is 83.6 cm³/mol. The highest BCUT2D eigenvalue weighted by Crippen LogP contribution is 2.41. The van der Waals surface area contributed by atoms with Crippen molar-refractivity contribution in [3.05, 3.63) is 23.8 Å². The van der Waals surface area contributed by atoms with Crippen LogP contribution in [0.25, 0.3) is 0 Å². The minimum atomic E-state index is -0.0808. The zero-order chi connectivity index (χ0) is 15.4. The van der Waals surface area contributed by atoms with Crippen LogP contribution < -0.4 is 4.90 Å². The zero-order valence-corrected chi connectivity index (χ0v) is 13.1.